The van der Waals surface area contributed by atoms with E-state index in [0.29, 0.717) is 13.2 Å². The molecule has 0 aromatic heterocycles. The first-order chi connectivity index (χ1) is 5.64. The summed E-state index contributed by atoms with van der Waals surface area (Å²) in [7, 11) is 0. The van der Waals surface area contributed by atoms with E-state index >= 15 is 0 Å². The van der Waals surface area contributed by atoms with Gasteiger partial charge in [0.25, 0.3) is 0 Å². The molecule has 1 rings (SSSR count). The van der Waals surface area contributed by atoms with Gasteiger partial charge in [-0.05, 0) is 20.1 Å². The second-order valence-electron chi connectivity index (χ2n) is 3.23. The fourth-order valence-electron chi connectivity index (χ4n) is 1.11. The molecule has 4 heteroatoms. The Morgan fingerprint density at radius 2 is 2.33 bits per heavy atom. The fraction of sp³-hybridized carbons (Fsp3) is 1.00. The highest BCUT2D eigenvalue weighted by molar-refractivity contribution is 7.98. The molecule has 0 aromatic rings. The molecule has 0 N–H and O–H groups in total. The lowest BCUT2D eigenvalue weighted by atomic mass is 10.4. The number of ether oxygens (including phenoxy) is 3. The molecule has 0 saturated carbocycles. The van der Waals surface area contributed by atoms with Gasteiger partial charge >= 0.3 is 0 Å². The zero-order chi connectivity index (χ0) is 9.03. The predicted molar refractivity (Wildman–Crippen MR) is 49.2 cm³/mol. The third-order valence-electron chi connectivity index (χ3n) is 1.57. The van der Waals surface area contributed by atoms with Crippen molar-refractivity contribution < 1.29 is 14.2 Å². The highest BCUT2D eigenvalue weighted by Crippen LogP contribution is 2.22. The number of rotatable bonds is 4. The van der Waals surface area contributed by atoms with Gasteiger partial charge in [0.2, 0.25) is 0 Å². The van der Waals surface area contributed by atoms with Gasteiger partial charge in [-0.1, -0.05) is 0 Å². The maximum atomic E-state index is 5.54. The summed E-state index contributed by atoms with van der Waals surface area (Å²) >= 11 is 1.67. The van der Waals surface area contributed by atoms with E-state index in [1.165, 1.54) is 0 Å². The van der Waals surface area contributed by atoms with Gasteiger partial charge < -0.3 is 14.2 Å². The first kappa shape index (κ1) is 10.3. The zero-order valence-electron chi connectivity index (χ0n) is 7.83. The van der Waals surface area contributed by atoms with Crippen LogP contribution in [0.25, 0.3) is 0 Å². The van der Waals surface area contributed by atoms with Gasteiger partial charge in [0.05, 0.1) is 19.2 Å². The molecular weight excluding hydrogens is 176 g/mol. The summed E-state index contributed by atoms with van der Waals surface area (Å²) in [6, 6.07) is 0. The highest BCUT2D eigenvalue weighted by atomic mass is 32.2. The summed E-state index contributed by atoms with van der Waals surface area (Å²) in [4.78, 5) is 0. The molecule has 0 aromatic carbocycles. The van der Waals surface area contributed by atoms with Gasteiger partial charge in [-0.3, -0.25) is 0 Å². The van der Waals surface area contributed by atoms with Crippen molar-refractivity contribution in [2.75, 3.05) is 25.4 Å². The molecule has 1 aliphatic heterocycles. The van der Waals surface area contributed by atoms with Crippen molar-refractivity contribution in [3.8, 4) is 0 Å². The first-order valence-corrected chi connectivity index (χ1v) is 5.42. The van der Waals surface area contributed by atoms with Gasteiger partial charge in [-0.2, -0.15) is 0 Å². The molecule has 1 saturated heterocycles. The zero-order valence-corrected chi connectivity index (χ0v) is 8.65. The Morgan fingerprint density at radius 3 is 2.83 bits per heavy atom. The van der Waals surface area contributed by atoms with E-state index in [1.54, 1.807) is 11.8 Å². The normalized spacial score (nSPS) is 27.8. The lowest BCUT2D eigenvalue weighted by Crippen LogP contribution is -2.23. The molecule has 1 fully saturated rings. The molecule has 0 aliphatic carbocycles. The summed E-state index contributed by atoms with van der Waals surface area (Å²) in [5.74, 6) is 0.299. The van der Waals surface area contributed by atoms with Gasteiger partial charge in [0, 0.05) is 0 Å². The Morgan fingerprint density at radius 1 is 1.58 bits per heavy atom. The third-order valence-corrected chi connectivity index (χ3v) is 1.97. The minimum absolute atomic E-state index is 0.104. The Balaban J connectivity index is 2.11. The van der Waals surface area contributed by atoms with Crippen LogP contribution in [0.15, 0.2) is 0 Å². The van der Waals surface area contributed by atoms with E-state index in [9.17, 15) is 0 Å². The molecule has 12 heavy (non-hydrogen) atoms. The summed E-state index contributed by atoms with van der Waals surface area (Å²) in [5, 5.41) is 0. The maximum Gasteiger partial charge on any atom is 0.163 e. The number of hydrogen-bond donors (Lipinski definition) is 0. The third kappa shape index (κ3) is 3.31. The van der Waals surface area contributed by atoms with Crippen LogP contribution in [0.4, 0.5) is 0 Å². The van der Waals surface area contributed by atoms with Crippen LogP contribution in [0, 0.1) is 0 Å². The van der Waals surface area contributed by atoms with Crippen molar-refractivity contribution in [3.63, 3.8) is 0 Å². The molecule has 3 nitrogen and oxygen atoms in total. The molecule has 0 spiro atoms. The monoisotopic (exact) mass is 192 g/mol. The molecule has 0 amide bonds. The van der Waals surface area contributed by atoms with Gasteiger partial charge in [0.15, 0.2) is 5.79 Å². The highest BCUT2D eigenvalue weighted by Gasteiger charge is 2.32. The van der Waals surface area contributed by atoms with E-state index in [-0.39, 0.29) is 6.10 Å². The molecule has 0 bridgehead atoms. The van der Waals surface area contributed by atoms with Crippen LogP contribution in [-0.4, -0.2) is 37.3 Å². The Hall–Kier alpha value is 0.230. The summed E-state index contributed by atoms with van der Waals surface area (Å²) in [5.41, 5.74) is 0. The van der Waals surface area contributed by atoms with Crippen molar-refractivity contribution in [2.24, 2.45) is 0 Å². The average Bonchev–Trinajstić information content (AvgIpc) is 2.31. The summed E-state index contributed by atoms with van der Waals surface area (Å²) in [6.45, 7) is 5.11. The topological polar surface area (TPSA) is 27.7 Å². The van der Waals surface area contributed by atoms with Crippen LogP contribution >= 0.6 is 11.8 Å². The van der Waals surface area contributed by atoms with E-state index in [2.05, 4.69) is 0 Å². The van der Waals surface area contributed by atoms with Crippen LogP contribution < -0.4 is 0 Å². The summed E-state index contributed by atoms with van der Waals surface area (Å²) in [6.07, 6.45) is 2.11. The van der Waals surface area contributed by atoms with E-state index in [0.717, 1.165) is 5.94 Å². The second-order valence-corrected chi connectivity index (χ2v) is 4.04. The SMILES string of the molecule is CSCOC[C@@H]1COC(C)(C)O1. The van der Waals surface area contributed by atoms with Gasteiger partial charge in [-0.15, -0.1) is 11.8 Å². The molecule has 72 valence electrons. The minimum atomic E-state index is -0.423. The quantitative estimate of drug-likeness (QED) is 0.498. The molecule has 1 atom stereocenters. The molecule has 0 unspecified atom stereocenters. The molecule has 1 heterocycles. The largest absolute Gasteiger partial charge is 0.368 e. The van der Waals surface area contributed by atoms with Gasteiger partial charge in [-0.25, -0.2) is 0 Å². The Labute approximate surface area is 77.8 Å². The van der Waals surface area contributed by atoms with Crippen molar-refractivity contribution in [1.29, 1.82) is 0 Å². The smallest absolute Gasteiger partial charge is 0.163 e. The Kier molecular flexibility index (Phi) is 3.83. The average molecular weight is 192 g/mol. The minimum Gasteiger partial charge on any atom is -0.368 e. The first-order valence-electron chi connectivity index (χ1n) is 4.02. The molecule has 1 aliphatic rings. The number of hydrogen-bond acceptors (Lipinski definition) is 4. The van der Waals surface area contributed by atoms with Crippen LogP contribution in [-0.2, 0) is 14.2 Å². The van der Waals surface area contributed by atoms with Crippen molar-refractivity contribution in [3.05, 3.63) is 0 Å². The lowest BCUT2D eigenvalue weighted by Gasteiger charge is -2.16. The lowest BCUT2D eigenvalue weighted by molar-refractivity contribution is -0.144. The predicted octanol–water partition coefficient (Wildman–Crippen LogP) is 1.48. The second kappa shape index (κ2) is 4.46. The van der Waals surface area contributed by atoms with Crippen LogP contribution in [0.3, 0.4) is 0 Å². The Bertz CT molecular complexity index is 138. The van der Waals surface area contributed by atoms with Crippen LogP contribution in [0.5, 0.6) is 0 Å². The standard InChI is InChI=1S/C8H16O3S/c1-8(2)10-5-7(11-8)4-9-6-12-3/h7H,4-6H2,1-3H3/t7-/m1/s1. The van der Waals surface area contributed by atoms with Crippen molar-refractivity contribution >= 4 is 11.8 Å². The summed E-state index contributed by atoms with van der Waals surface area (Å²) < 4.78 is 16.2. The van der Waals surface area contributed by atoms with Crippen LogP contribution in [0.2, 0.25) is 0 Å². The van der Waals surface area contributed by atoms with E-state index in [1.807, 2.05) is 20.1 Å². The van der Waals surface area contributed by atoms with Crippen molar-refractivity contribution in [2.45, 2.75) is 25.7 Å². The molecule has 0 radical (unpaired) electrons. The van der Waals surface area contributed by atoms with E-state index < -0.39 is 5.79 Å². The van der Waals surface area contributed by atoms with E-state index in [4.69, 9.17) is 14.2 Å². The maximum absolute atomic E-state index is 5.54. The number of thioether (sulfide) groups is 1. The van der Waals surface area contributed by atoms with Gasteiger partial charge in [0.1, 0.15) is 6.10 Å². The van der Waals surface area contributed by atoms with Crippen molar-refractivity contribution in [1.82, 2.24) is 0 Å². The van der Waals surface area contributed by atoms with Crippen LogP contribution in [0.1, 0.15) is 13.8 Å². The fourth-order valence-corrected chi connectivity index (χ4v) is 1.37. The molecular formula is C8H16O3S.